The molecular formula is C19H23NO2. The predicted molar refractivity (Wildman–Crippen MR) is 90.5 cm³/mol. The summed E-state index contributed by atoms with van der Waals surface area (Å²) in [5.74, 6) is 1.04. The Labute approximate surface area is 132 Å². The molecule has 0 heterocycles. The van der Waals surface area contributed by atoms with Gasteiger partial charge in [-0.3, -0.25) is 4.79 Å². The second kappa shape index (κ2) is 7.64. The van der Waals surface area contributed by atoms with E-state index in [4.69, 9.17) is 4.74 Å². The number of nitrogens with one attached hydrogen (secondary N) is 1. The number of ether oxygens (including phenoxy) is 1. The van der Waals surface area contributed by atoms with Crippen molar-refractivity contribution in [3.63, 3.8) is 0 Å². The Morgan fingerprint density at radius 1 is 1.05 bits per heavy atom. The molecule has 0 atom stereocenters. The molecule has 0 aliphatic carbocycles. The lowest BCUT2D eigenvalue weighted by Gasteiger charge is -2.09. The molecule has 2 aromatic rings. The van der Waals surface area contributed by atoms with Crippen LogP contribution in [0.3, 0.4) is 0 Å². The van der Waals surface area contributed by atoms with Gasteiger partial charge in [0, 0.05) is 5.69 Å². The standard InChI is InChI=1S/C19H23NO2/c1-4-15-5-11-18(12-6-15)22-13-19(21)20-17-9-7-16(8-10-17)14(2)3/h5-12,14H,4,13H2,1-3H3,(H,20,21). The van der Waals surface area contributed by atoms with Gasteiger partial charge in [-0.1, -0.05) is 45.0 Å². The van der Waals surface area contributed by atoms with Gasteiger partial charge in [-0.2, -0.15) is 0 Å². The first-order valence-electron chi connectivity index (χ1n) is 7.70. The Hall–Kier alpha value is -2.29. The topological polar surface area (TPSA) is 38.3 Å². The molecule has 116 valence electrons. The summed E-state index contributed by atoms with van der Waals surface area (Å²) in [7, 11) is 0. The van der Waals surface area contributed by atoms with E-state index in [0.29, 0.717) is 11.7 Å². The summed E-state index contributed by atoms with van der Waals surface area (Å²) in [6.45, 7) is 6.40. The minimum Gasteiger partial charge on any atom is -0.484 e. The number of anilines is 1. The minimum absolute atomic E-state index is 0.0113. The molecule has 2 rings (SSSR count). The van der Waals surface area contributed by atoms with Gasteiger partial charge in [0.1, 0.15) is 5.75 Å². The van der Waals surface area contributed by atoms with Gasteiger partial charge in [0.2, 0.25) is 0 Å². The van der Waals surface area contributed by atoms with Crippen molar-refractivity contribution in [2.75, 3.05) is 11.9 Å². The molecule has 0 fully saturated rings. The van der Waals surface area contributed by atoms with Gasteiger partial charge >= 0.3 is 0 Å². The fourth-order valence-corrected chi connectivity index (χ4v) is 2.12. The van der Waals surface area contributed by atoms with Gasteiger partial charge in [-0.15, -0.1) is 0 Å². The first-order chi connectivity index (χ1) is 10.6. The van der Waals surface area contributed by atoms with Gasteiger partial charge in [-0.05, 0) is 47.7 Å². The van der Waals surface area contributed by atoms with E-state index in [-0.39, 0.29) is 12.5 Å². The van der Waals surface area contributed by atoms with Gasteiger partial charge < -0.3 is 10.1 Å². The number of carbonyl (C=O) groups is 1. The Morgan fingerprint density at radius 3 is 2.23 bits per heavy atom. The van der Waals surface area contributed by atoms with Crippen LogP contribution in [0.5, 0.6) is 5.75 Å². The Balaban J connectivity index is 1.84. The molecule has 0 bridgehead atoms. The number of hydrogen-bond acceptors (Lipinski definition) is 2. The van der Waals surface area contributed by atoms with E-state index in [1.54, 1.807) is 0 Å². The number of aryl methyl sites for hydroxylation is 1. The minimum atomic E-state index is -0.156. The molecule has 0 unspecified atom stereocenters. The largest absolute Gasteiger partial charge is 0.484 e. The monoisotopic (exact) mass is 297 g/mol. The van der Waals surface area contributed by atoms with Crippen LogP contribution in [-0.2, 0) is 11.2 Å². The number of carbonyl (C=O) groups excluding carboxylic acids is 1. The van der Waals surface area contributed by atoms with E-state index in [1.165, 1.54) is 11.1 Å². The van der Waals surface area contributed by atoms with E-state index in [1.807, 2.05) is 48.5 Å². The second-order valence-corrected chi connectivity index (χ2v) is 5.61. The summed E-state index contributed by atoms with van der Waals surface area (Å²) in [5, 5.41) is 2.84. The van der Waals surface area contributed by atoms with Crippen molar-refractivity contribution in [2.24, 2.45) is 0 Å². The zero-order valence-corrected chi connectivity index (χ0v) is 13.4. The molecule has 0 aromatic heterocycles. The maximum atomic E-state index is 11.9. The Morgan fingerprint density at radius 2 is 1.68 bits per heavy atom. The highest BCUT2D eigenvalue weighted by Crippen LogP contribution is 2.17. The van der Waals surface area contributed by atoms with Crippen LogP contribution < -0.4 is 10.1 Å². The number of amides is 1. The fourth-order valence-electron chi connectivity index (χ4n) is 2.12. The molecule has 2 aromatic carbocycles. The molecule has 0 spiro atoms. The van der Waals surface area contributed by atoms with Crippen molar-refractivity contribution in [1.82, 2.24) is 0 Å². The summed E-state index contributed by atoms with van der Waals surface area (Å²) < 4.78 is 5.49. The Kier molecular flexibility index (Phi) is 5.59. The first-order valence-corrected chi connectivity index (χ1v) is 7.70. The molecule has 1 N–H and O–H groups in total. The van der Waals surface area contributed by atoms with Crippen LogP contribution >= 0.6 is 0 Å². The van der Waals surface area contributed by atoms with Crippen LogP contribution in [0, 0.1) is 0 Å². The van der Waals surface area contributed by atoms with E-state index in [2.05, 4.69) is 26.1 Å². The number of rotatable bonds is 6. The SMILES string of the molecule is CCc1ccc(OCC(=O)Nc2ccc(C(C)C)cc2)cc1. The van der Waals surface area contributed by atoms with Crippen LogP contribution in [0.2, 0.25) is 0 Å². The normalized spacial score (nSPS) is 10.5. The molecule has 3 nitrogen and oxygen atoms in total. The molecule has 22 heavy (non-hydrogen) atoms. The van der Waals surface area contributed by atoms with Gasteiger partial charge in [-0.25, -0.2) is 0 Å². The van der Waals surface area contributed by atoms with E-state index in [9.17, 15) is 4.79 Å². The van der Waals surface area contributed by atoms with Gasteiger partial charge in [0.15, 0.2) is 6.61 Å². The first kappa shape index (κ1) is 16.1. The summed E-state index contributed by atoms with van der Waals surface area (Å²) in [6, 6.07) is 15.7. The summed E-state index contributed by atoms with van der Waals surface area (Å²) >= 11 is 0. The third-order valence-corrected chi connectivity index (χ3v) is 3.56. The van der Waals surface area contributed by atoms with Crippen LogP contribution in [0.4, 0.5) is 5.69 Å². The average molecular weight is 297 g/mol. The zero-order valence-electron chi connectivity index (χ0n) is 13.4. The highest BCUT2D eigenvalue weighted by Gasteiger charge is 2.05. The summed E-state index contributed by atoms with van der Waals surface area (Å²) in [5.41, 5.74) is 3.30. The van der Waals surface area contributed by atoms with Crippen LogP contribution in [-0.4, -0.2) is 12.5 Å². The van der Waals surface area contributed by atoms with Crippen molar-refractivity contribution in [1.29, 1.82) is 0 Å². The van der Waals surface area contributed by atoms with Crippen molar-refractivity contribution in [2.45, 2.75) is 33.1 Å². The molecule has 0 aliphatic heterocycles. The van der Waals surface area contributed by atoms with E-state index >= 15 is 0 Å². The summed E-state index contributed by atoms with van der Waals surface area (Å²) in [4.78, 5) is 11.9. The quantitative estimate of drug-likeness (QED) is 0.858. The second-order valence-electron chi connectivity index (χ2n) is 5.61. The van der Waals surface area contributed by atoms with Crippen molar-refractivity contribution in [3.05, 3.63) is 59.7 Å². The lowest BCUT2D eigenvalue weighted by atomic mass is 10.0. The van der Waals surface area contributed by atoms with Gasteiger partial charge in [0.25, 0.3) is 5.91 Å². The third-order valence-electron chi connectivity index (χ3n) is 3.56. The zero-order chi connectivity index (χ0) is 15.9. The van der Waals surface area contributed by atoms with Crippen LogP contribution in [0.15, 0.2) is 48.5 Å². The van der Waals surface area contributed by atoms with Crippen molar-refractivity contribution < 1.29 is 9.53 Å². The average Bonchev–Trinajstić information content (AvgIpc) is 2.54. The Bertz CT molecular complexity index is 600. The molecule has 3 heteroatoms. The highest BCUT2D eigenvalue weighted by molar-refractivity contribution is 5.91. The summed E-state index contributed by atoms with van der Waals surface area (Å²) in [6.07, 6.45) is 0.993. The smallest absolute Gasteiger partial charge is 0.262 e. The van der Waals surface area contributed by atoms with Crippen LogP contribution in [0.1, 0.15) is 37.8 Å². The molecule has 0 saturated heterocycles. The third kappa shape index (κ3) is 4.62. The van der Waals surface area contributed by atoms with Gasteiger partial charge in [0.05, 0.1) is 0 Å². The number of hydrogen-bond donors (Lipinski definition) is 1. The molecular weight excluding hydrogens is 274 g/mol. The maximum Gasteiger partial charge on any atom is 0.262 e. The molecule has 0 radical (unpaired) electrons. The van der Waals surface area contributed by atoms with E-state index < -0.39 is 0 Å². The number of benzene rings is 2. The fraction of sp³-hybridized carbons (Fsp3) is 0.316. The lowest BCUT2D eigenvalue weighted by molar-refractivity contribution is -0.118. The molecule has 0 saturated carbocycles. The lowest BCUT2D eigenvalue weighted by Crippen LogP contribution is -2.20. The van der Waals surface area contributed by atoms with E-state index in [0.717, 1.165) is 12.1 Å². The predicted octanol–water partition coefficient (Wildman–Crippen LogP) is 4.39. The van der Waals surface area contributed by atoms with Crippen LogP contribution in [0.25, 0.3) is 0 Å². The van der Waals surface area contributed by atoms with Crippen molar-refractivity contribution in [3.8, 4) is 5.75 Å². The maximum absolute atomic E-state index is 11.9. The van der Waals surface area contributed by atoms with Crippen molar-refractivity contribution >= 4 is 11.6 Å². The molecule has 1 amide bonds. The molecule has 0 aliphatic rings. The highest BCUT2D eigenvalue weighted by atomic mass is 16.5.